The third-order valence-corrected chi connectivity index (χ3v) is 5.07. The van der Waals surface area contributed by atoms with E-state index in [0.717, 1.165) is 25.8 Å². The zero-order chi connectivity index (χ0) is 19.1. The summed E-state index contributed by atoms with van der Waals surface area (Å²) in [4.78, 5) is 40.5. The SMILES string of the molecule is COC(=O)C1CC(NC2CCN(C3CC3)C2=O)CN1C(=O)OC(C)(C)C. The number of hydrogen-bond acceptors (Lipinski definition) is 6. The van der Waals surface area contributed by atoms with Crippen LogP contribution in [0, 0.1) is 0 Å². The molecule has 2 aliphatic heterocycles. The van der Waals surface area contributed by atoms with E-state index >= 15 is 0 Å². The number of likely N-dealkylation sites (tertiary alicyclic amines) is 2. The van der Waals surface area contributed by atoms with Crippen LogP contribution < -0.4 is 5.32 Å². The van der Waals surface area contributed by atoms with Gasteiger partial charge in [0, 0.05) is 25.2 Å². The molecule has 0 bridgehead atoms. The van der Waals surface area contributed by atoms with Gasteiger partial charge in [0.25, 0.3) is 0 Å². The van der Waals surface area contributed by atoms with Crippen molar-refractivity contribution in [2.24, 2.45) is 0 Å². The summed E-state index contributed by atoms with van der Waals surface area (Å²) in [6, 6.07) is -0.653. The van der Waals surface area contributed by atoms with Gasteiger partial charge in [-0.15, -0.1) is 0 Å². The number of methoxy groups -OCH3 is 1. The Morgan fingerprint density at radius 3 is 2.46 bits per heavy atom. The number of nitrogens with one attached hydrogen (secondary N) is 1. The molecule has 8 nitrogen and oxygen atoms in total. The zero-order valence-electron chi connectivity index (χ0n) is 16.0. The first-order chi connectivity index (χ1) is 12.2. The van der Waals surface area contributed by atoms with Crippen LogP contribution in [0.1, 0.15) is 46.5 Å². The first kappa shape index (κ1) is 18.9. The topological polar surface area (TPSA) is 88.2 Å². The van der Waals surface area contributed by atoms with Crippen LogP contribution >= 0.6 is 0 Å². The molecule has 1 aliphatic carbocycles. The van der Waals surface area contributed by atoms with Crippen molar-refractivity contribution in [1.82, 2.24) is 15.1 Å². The molecule has 3 aliphatic rings. The minimum Gasteiger partial charge on any atom is -0.467 e. The Bertz CT molecular complexity index is 584. The van der Waals surface area contributed by atoms with Crippen LogP contribution in [-0.2, 0) is 19.1 Å². The number of rotatable bonds is 4. The maximum atomic E-state index is 12.5. The van der Waals surface area contributed by atoms with E-state index in [1.54, 1.807) is 20.8 Å². The molecule has 0 spiro atoms. The molecule has 0 aromatic heterocycles. The first-order valence-corrected chi connectivity index (χ1v) is 9.33. The second kappa shape index (κ2) is 7.06. The fraction of sp³-hybridized carbons (Fsp3) is 0.833. The molecule has 8 heteroatoms. The van der Waals surface area contributed by atoms with Crippen LogP contribution in [0.25, 0.3) is 0 Å². The van der Waals surface area contributed by atoms with Crippen molar-refractivity contribution in [2.75, 3.05) is 20.2 Å². The van der Waals surface area contributed by atoms with Crippen molar-refractivity contribution < 1.29 is 23.9 Å². The molecule has 0 radical (unpaired) electrons. The fourth-order valence-electron chi connectivity index (χ4n) is 3.73. The average Bonchev–Trinajstić information content (AvgIpc) is 3.20. The summed E-state index contributed by atoms with van der Waals surface area (Å²) in [6.45, 7) is 6.46. The standard InChI is InChI=1S/C18H29N3O5/c1-18(2,3)26-17(24)21-10-11(9-14(21)16(23)25-4)19-13-7-8-20(15(13)22)12-5-6-12/h11-14,19H,5-10H2,1-4H3. The predicted molar refractivity (Wildman–Crippen MR) is 93.4 cm³/mol. The lowest BCUT2D eigenvalue weighted by Crippen LogP contribution is -2.46. The van der Waals surface area contributed by atoms with Gasteiger partial charge in [-0.1, -0.05) is 0 Å². The van der Waals surface area contributed by atoms with Crippen LogP contribution in [0.4, 0.5) is 4.79 Å². The quantitative estimate of drug-likeness (QED) is 0.743. The molecule has 2 saturated heterocycles. The Hall–Kier alpha value is -1.83. The Labute approximate surface area is 154 Å². The first-order valence-electron chi connectivity index (χ1n) is 9.33. The van der Waals surface area contributed by atoms with Gasteiger partial charge >= 0.3 is 12.1 Å². The predicted octanol–water partition coefficient (Wildman–Crippen LogP) is 0.890. The van der Waals surface area contributed by atoms with Crippen molar-refractivity contribution in [3.63, 3.8) is 0 Å². The molecular weight excluding hydrogens is 338 g/mol. The fourth-order valence-corrected chi connectivity index (χ4v) is 3.73. The summed E-state index contributed by atoms with van der Waals surface area (Å²) in [7, 11) is 1.31. The Morgan fingerprint density at radius 1 is 1.19 bits per heavy atom. The van der Waals surface area contributed by atoms with E-state index < -0.39 is 23.7 Å². The van der Waals surface area contributed by atoms with Gasteiger partial charge in [0.05, 0.1) is 13.2 Å². The lowest BCUT2D eigenvalue weighted by Gasteiger charge is -2.27. The highest BCUT2D eigenvalue weighted by atomic mass is 16.6. The third-order valence-electron chi connectivity index (χ3n) is 5.07. The van der Waals surface area contributed by atoms with Crippen LogP contribution in [0.15, 0.2) is 0 Å². The largest absolute Gasteiger partial charge is 0.467 e. The number of ether oxygens (including phenoxy) is 2. The van der Waals surface area contributed by atoms with Crippen LogP contribution in [-0.4, -0.2) is 77.7 Å². The lowest BCUT2D eigenvalue weighted by molar-refractivity contribution is -0.145. The van der Waals surface area contributed by atoms with E-state index in [2.05, 4.69) is 5.32 Å². The lowest BCUT2D eigenvalue weighted by atomic mass is 10.1. The molecule has 146 valence electrons. The molecule has 0 aromatic rings. The van der Waals surface area contributed by atoms with Gasteiger partial charge in [0.1, 0.15) is 11.6 Å². The van der Waals surface area contributed by atoms with Crippen molar-refractivity contribution in [2.45, 2.75) is 76.2 Å². The molecular formula is C18H29N3O5. The van der Waals surface area contributed by atoms with Crippen molar-refractivity contribution in [3.8, 4) is 0 Å². The Morgan fingerprint density at radius 2 is 1.88 bits per heavy atom. The monoisotopic (exact) mass is 367 g/mol. The third kappa shape index (κ3) is 4.11. The van der Waals surface area contributed by atoms with Crippen molar-refractivity contribution in [1.29, 1.82) is 0 Å². The summed E-state index contributed by atoms with van der Waals surface area (Å²) in [5, 5.41) is 3.35. The summed E-state index contributed by atoms with van der Waals surface area (Å²) in [5.41, 5.74) is -0.643. The van der Waals surface area contributed by atoms with Gasteiger partial charge in [-0.05, 0) is 46.5 Å². The number of amides is 2. The summed E-state index contributed by atoms with van der Waals surface area (Å²) in [5.74, 6) is -0.324. The number of hydrogen-bond donors (Lipinski definition) is 1. The second-order valence-electron chi connectivity index (χ2n) is 8.38. The van der Waals surface area contributed by atoms with Gasteiger partial charge in [-0.3, -0.25) is 9.69 Å². The molecule has 0 aromatic carbocycles. The molecule has 2 amide bonds. The minimum atomic E-state index is -0.691. The molecule has 3 atom stereocenters. The van der Waals surface area contributed by atoms with Gasteiger partial charge in [0.15, 0.2) is 0 Å². The Balaban J connectivity index is 1.63. The van der Waals surface area contributed by atoms with E-state index in [1.807, 2.05) is 4.90 Å². The molecule has 1 N–H and O–H groups in total. The number of esters is 1. The van der Waals surface area contributed by atoms with Crippen LogP contribution in [0.5, 0.6) is 0 Å². The normalized spacial score (nSPS) is 29.2. The van der Waals surface area contributed by atoms with Gasteiger partial charge in [0.2, 0.25) is 5.91 Å². The van der Waals surface area contributed by atoms with Gasteiger partial charge < -0.3 is 19.7 Å². The van der Waals surface area contributed by atoms with Crippen molar-refractivity contribution in [3.05, 3.63) is 0 Å². The van der Waals surface area contributed by atoms with Crippen LogP contribution in [0.3, 0.4) is 0 Å². The van der Waals surface area contributed by atoms with E-state index in [1.165, 1.54) is 12.0 Å². The minimum absolute atomic E-state index is 0.137. The summed E-state index contributed by atoms with van der Waals surface area (Å²) < 4.78 is 10.3. The van der Waals surface area contributed by atoms with Gasteiger partial charge in [-0.2, -0.15) is 0 Å². The smallest absolute Gasteiger partial charge is 0.411 e. The molecule has 3 unspecified atom stereocenters. The maximum Gasteiger partial charge on any atom is 0.411 e. The molecule has 3 fully saturated rings. The molecule has 2 heterocycles. The number of nitrogens with zero attached hydrogens (tertiary/aromatic N) is 2. The van der Waals surface area contributed by atoms with Gasteiger partial charge in [-0.25, -0.2) is 9.59 Å². The number of carbonyl (C=O) groups excluding carboxylic acids is 3. The average molecular weight is 367 g/mol. The zero-order valence-corrected chi connectivity index (χ0v) is 16.0. The van der Waals surface area contributed by atoms with Crippen LogP contribution in [0.2, 0.25) is 0 Å². The highest BCUT2D eigenvalue weighted by Gasteiger charge is 2.45. The second-order valence-corrected chi connectivity index (χ2v) is 8.38. The molecule has 1 saturated carbocycles. The number of carbonyl (C=O) groups is 3. The van der Waals surface area contributed by atoms with E-state index in [4.69, 9.17) is 9.47 Å². The maximum absolute atomic E-state index is 12.5. The van der Waals surface area contributed by atoms with E-state index in [-0.39, 0.29) is 18.0 Å². The van der Waals surface area contributed by atoms with E-state index in [0.29, 0.717) is 19.0 Å². The Kier molecular flexibility index (Phi) is 5.14. The molecule has 3 rings (SSSR count). The summed E-state index contributed by atoms with van der Waals surface area (Å²) >= 11 is 0. The van der Waals surface area contributed by atoms with Crippen molar-refractivity contribution >= 4 is 18.0 Å². The highest BCUT2D eigenvalue weighted by molar-refractivity contribution is 5.85. The summed E-state index contributed by atoms with van der Waals surface area (Å²) in [6.07, 6.45) is 2.84. The highest BCUT2D eigenvalue weighted by Crippen LogP contribution is 2.31. The van der Waals surface area contributed by atoms with E-state index in [9.17, 15) is 14.4 Å². The molecule has 26 heavy (non-hydrogen) atoms.